The molecule has 9 heteroatoms. The maximum Gasteiger partial charge on any atom is 0.238 e. The second kappa shape index (κ2) is 9.16. The van der Waals surface area contributed by atoms with Crippen molar-refractivity contribution in [2.75, 3.05) is 11.3 Å². The summed E-state index contributed by atoms with van der Waals surface area (Å²) in [5, 5.41) is 9.36. The Labute approximate surface area is 167 Å². The largest absolute Gasteiger partial charge is 0.494 e. The van der Waals surface area contributed by atoms with Crippen LogP contribution in [0.15, 0.2) is 54.6 Å². The third-order valence-electron chi connectivity index (χ3n) is 3.56. The van der Waals surface area contributed by atoms with Crippen LogP contribution in [0.2, 0.25) is 5.02 Å². The summed E-state index contributed by atoms with van der Waals surface area (Å²) in [7, 11) is -3.61. The molecular formula is C18H18ClN3O3S2. The topological polar surface area (TPSA) is 81.2 Å². The van der Waals surface area contributed by atoms with E-state index < -0.39 is 10.0 Å². The molecule has 27 heavy (non-hydrogen) atoms. The summed E-state index contributed by atoms with van der Waals surface area (Å²) in [6.07, 6.45) is 1.42. The molecule has 2 aromatic carbocycles. The first-order valence-electron chi connectivity index (χ1n) is 8.26. The first-order valence-corrected chi connectivity index (χ1v) is 11.1. The van der Waals surface area contributed by atoms with Crippen LogP contribution in [0, 0.1) is 0 Å². The number of hydrogen-bond donors (Lipinski definition) is 1. The number of benzene rings is 2. The Hall–Kier alpha value is -2.16. The molecule has 1 heterocycles. The van der Waals surface area contributed by atoms with Gasteiger partial charge in [-0.15, -0.1) is 10.2 Å². The summed E-state index contributed by atoms with van der Waals surface area (Å²) >= 11 is 7.24. The molecule has 1 N–H and O–H groups in total. The second-order valence-electron chi connectivity index (χ2n) is 5.72. The average Bonchev–Trinajstić information content (AvgIpc) is 3.08. The molecule has 3 aromatic rings. The predicted octanol–water partition coefficient (Wildman–Crippen LogP) is 4.15. The van der Waals surface area contributed by atoms with Gasteiger partial charge < -0.3 is 4.74 Å². The lowest BCUT2D eigenvalue weighted by molar-refractivity contribution is 0.311. The van der Waals surface area contributed by atoms with Crippen molar-refractivity contribution in [3.8, 4) is 5.75 Å². The lowest BCUT2D eigenvalue weighted by atomic mass is 10.2. The lowest BCUT2D eigenvalue weighted by Crippen LogP contribution is -2.15. The molecule has 0 fully saturated rings. The number of aromatic nitrogens is 2. The SMILES string of the molecule is O=S(=O)(Cc1ccccc1Cl)Nc1nnc(CCCOc2ccccc2)s1. The van der Waals surface area contributed by atoms with Crippen molar-refractivity contribution in [3.05, 3.63) is 70.2 Å². The number of anilines is 1. The fourth-order valence-corrected chi connectivity index (χ4v) is 4.82. The van der Waals surface area contributed by atoms with Gasteiger partial charge >= 0.3 is 0 Å². The molecular weight excluding hydrogens is 406 g/mol. The van der Waals surface area contributed by atoms with E-state index in [2.05, 4.69) is 14.9 Å². The van der Waals surface area contributed by atoms with Crippen LogP contribution in [0.4, 0.5) is 5.13 Å². The van der Waals surface area contributed by atoms with E-state index in [0.29, 0.717) is 23.6 Å². The zero-order valence-corrected chi connectivity index (χ0v) is 16.7. The monoisotopic (exact) mass is 423 g/mol. The van der Waals surface area contributed by atoms with Gasteiger partial charge in [-0.25, -0.2) is 8.42 Å². The Morgan fingerprint density at radius 1 is 1.04 bits per heavy atom. The summed E-state index contributed by atoms with van der Waals surface area (Å²) in [6, 6.07) is 16.4. The predicted molar refractivity (Wildman–Crippen MR) is 108 cm³/mol. The van der Waals surface area contributed by atoms with Crippen LogP contribution in [0.5, 0.6) is 5.75 Å². The number of nitrogens with one attached hydrogen (secondary N) is 1. The minimum absolute atomic E-state index is 0.216. The van der Waals surface area contributed by atoms with Gasteiger partial charge in [0.1, 0.15) is 10.8 Å². The van der Waals surface area contributed by atoms with Crippen LogP contribution in [0.3, 0.4) is 0 Å². The molecule has 3 rings (SSSR count). The molecule has 0 spiro atoms. The first-order chi connectivity index (χ1) is 13.0. The highest BCUT2D eigenvalue weighted by atomic mass is 35.5. The maximum absolute atomic E-state index is 12.3. The van der Waals surface area contributed by atoms with Gasteiger partial charge in [-0.3, -0.25) is 4.72 Å². The molecule has 0 aliphatic heterocycles. The number of nitrogens with zero attached hydrogens (tertiary/aromatic N) is 2. The van der Waals surface area contributed by atoms with Gasteiger partial charge in [0.2, 0.25) is 15.2 Å². The molecule has 0 unspecified atom stereocenters. The summed E-state index contributed by atoms with van der Waals surface area (Å²) < 4.78 is 32.7. The van der Waals surface area contributed by atoms with Crippen LogP contribution >= 0.6 is 22.9 Å². The van der Waals surface area contributed by atoms with Crippen LogP contribution in [0.25, 0.3) is 0 Å². The smallest absolute Gasteiger partial charge is 0.238 e. The van der Waals surface area contributed by atoms with Crippen molar-refractivity contribution >= 4 is 38.1 Å². The third-order valence-corrected chi connectivity index (χ3v) is 6.15. The quantitative estimate of drug-likeness (QED) is 0.523. The van der Waals surface area contributed by atoms with E-state index in [1.54, 1.807) is 24.3 Å². The van der Waals surface area contributed by atoms with Crippen molar-refractivity contribution in [1.29, 1.82) is 0 Å². The second-order valence-corrected chi connectivity index (χ2v) is 8.91. The fourth-order valence-electron chi connectivity index (χ4n) is 2.32. The molecule has 1 aromatic heterocycles. The number of aryl methyl sites for hydroxylation is 1. The van der Waals surface area contributed by atoms with Gasteiger partial charge in [0, 0.05) is 11.4 Å². The molecule has 0 radical (unpaired) electrons. The number of sulfonamides is 1. The Morgan fingerprint density at radius 3 is 2.56 bits per heavy atom. The van der Waals surface area contributed by atoms with Gasteiger partial charge in [0.25, 0.3) is 0 Å². The van der Waals surface area contributed by atoms with E-state index in [4.69, 9.17) is 16.3 Å². The number of rotatable bonds is 9. The zero-order valence-electron chi connectivity index (χ0n) is 14.3. The van der Waals surface area contributed by atoms with Crippen LogP contribution in [-0.2, 0) is 22.2 Å². The normalized spacial score (nSPS) is 11.3. The van der Waals surface area contributed by atoms with E-state index in [-0.39, 0.29) is 10.9 Å². The van der Waals surface area contributed by atoms with E-state index >= 15 is 0 Å². The van der Waals surface area contributed by atoms with Gasteiger partial charge in [-0.05, 0) is 30.2 Å². The highest BCUT2D eigenvalue weighted by Crippen LogP contribution is 2.22. The molecule has 0 saturated carbocycles. The number of hydrogen-bond acceptors (Lipinski definition) is 6. The van der Waals surface area contributed by atoms with Gasteiger partial charge in [0.05, 0.1) is 12.4 Å². The zero-order chi connectivity index (χ0) is 19.1. The Kier molecular flexibility index (Phi) is 6.65. The average molecular weight is 424 g/mol. The van der Waals surface area contributed by atoms with Crippen molar-refractivity contribution in [1.82, 2.24) is 10.2 Å². The van der Waals surface area contributed by atoms with Gasteiger partial charge in [-0.2, -0.15) is 0 Å². The van der Waals surface area contributed by atoms with Crippen LogP contribution in [0.1, 0.15) is 17.0 Å². The minimum atomic E-state index is -3.61. The van der Waals surface area contributed by atoms with Crippen LogP contribution in [-0.4, -0.2) is 25.2 Å². The van der Waals surface area contributed by atoms with Crippen molar-refractivity contribution in [3.63, 3.8) is 0 Å². The maximum atomic E-state index is 12.3. The van der Waals surface area contributed by atoms with E-state index in [9.17, 15) is 8.42 Å². The van der Waals surface area contributed by atoms with Crippen molar-refractivity contribution in [2.24, 2.45) is 0 Å². The summed E-state index contributed by atoms with van der Waals surface area (Å²) in [5.74, 6) is 0.606. The molecule has 0 atom stereocenters. The van der Waals surface area contributed by atoms with E-state index in [1.807, 2.05) is 30.3 Å². The molecule has 0 amide bonds. The standard InChI is InChI=1S/C18H18ClN3O3S2/c19-16-10-5-4-7-14(16)13-27(23,24)22-18-21-20-17(26-18)11-6-12-25-15-8-2-1-3-9-15/h1-5,7-10H,6,11-13H2,(H,21,22). The van der Waals surface area contributed by atoms with Crippen LogP contribution < -0.4 is 9.46 Å². The number of halogens is 1. The fraction of sp³-hybridized carbons (Fsp3) is 0.222. The summed E-state index contributed by atoms with van der Waals surface area (Å²) in [6.45, 7) is 0.553. The highest BCUT2D eigenvalue weighted by Gasteiger charge is 2.16. The number of ether oxygens (including phenoxy) is 1. The lowest BCUT2D eigenvalue weighted by Gasteiger charge is -2.06. The summed E-state index contributed by atoms with van der Waals surface area (Å²) in [5.41, 5.74) is 0.537. The molecule has 0 aliphatic carbocycles. The van der Waals surface area contributed by atoms with E-state index in [0.717, 1.165) is 17.2 Å². The number of para-hydroxylation sites is 1. The third kappa shape index (κ3) is 6.20. The Bertz CT molecular complexity index is 978. The molecule has 142 valence electrons. The molecule has 0 bridgehead atoms. The first kappa shape index (κ1) is 19.6. The molecule has 0 saturated heterocycles. The van der Waals surface area contributed by atoms with Gasteiger partial charge in [0.15, 0.2) is 0 Å². The van der Waals surface area contributed by atoms with Gasteiger partial charge in [-0.1, -0.05) is 59.3 Å². The van der Waals surface area contributed by atoms with E-state index in [1.165, 1.54) is 11.3 Å². The minimum Gasteiger partial charge on any atom is -0.494 e. The van der Waals surface area contributed by atoms with Crippen molar-refractivity contribution in [2.45, 2.75) is 18.6 Å². The Balaban J connectivity index is 1.49. The molecule has 0 aliphatic rings. The van der Waals surface area contributed by atoms with Crippen molar-refractivity contribution < 1.29 is 13.2 Å². The highest BCUT2D eigenvalue weighted by molar-refractivity contribution is 7.92. The molecule has 6 nitrogen and oxygen atoms in total. The summed E-state index contributed by atoms with van der Waals surface area (Å²) in [4.78, 5) is 0. The Morgan fingerprint density at radius 2 is 1.78 bits per heavy atom.